The van der Waals surface area contributed by atoms with Crippen molar-refractivity contribution in [1.29, 1.82) is 0 Å². The zero-order chi connectivity index (χ0) is 15.3. The number of hydrogen-bond donors (Lipinski definition) is 2. The van der Waals surface area contributed by atoms with E-state index in [1.54, 1.807) is 12.1 Å². The van der Waals surface area contributed by atoms with Crippen LogP contribution in [0.25, 0.3) is 0 Å². The van der Waals surface area contributed by atoms with Crippen LogP contribution in [-0.4, -0.2) is 16.9 Å². The number of benzene rings is 1. The fraction of sp³-hybridized carbons (Fsp3) is 0.500. The van der Waals surface area contributed by atoms with Gasteiger partial charge >= 0.3 is 0 Å². The molecule has 1 aromatic carbocycles. The van der Waals surface area contributed by atoms with Crippen LogP contribution in [0.5, 0.6) is 0 Å². The Balaban J connectivity index is 0.00000400. The van der Waals surface area contributed by atoms with E-state index in [2.05, 4.69) is 5.32 Å². The number of nitrogens with two attached hydrogens (primary N) is 1. The van der Waals surface area contributed by atoms with Crippen LogP contribution in [-0.2, 0) is 10.3 Å². The quantitative estimate of drug-likeness (QED) is 0.622. The third kappa shape index (κ3) is 6.10. The molecule has 1 aromatic rings. The van der Waals surface area contributed by atoms with Gasteiger partial charge in [-0.15, -0.1) is 12.4 Å². The molecule has 0 saturated carbocycles. The van der Waals surface area contributed by atoms with Gasteiger partial charge in [-0.2, -0.15) is 0 Å². The number of carbonyl (C=O) groups is 1. The number of nitro groups is 1. The van der Waals surface area contributed by atoms with Crippen molar-refractivity contribution in [3.05, 3.63) is 39.9 Å². The molecular weight excluding hydrogens is 294 g/mol. The summed E-state index contributed by atoms with van der Waals surface area (Å²) in [5, 5.41) is 13.5. The average Bonchev–Trinajstić information content (AvgIpc) is 2.36. The summed E-state index contributed by atoms with van der Waals surface area (Å²) in [6.07, 6.45) is 0.996. The molecule has 0 fully saturated rings. The van der Waals surface area contributed by atoms with E-state index < -0.39 is 10.5 Å². The molecule has 0 bridgehead atoms. The molecule has 0 aliphatic heterocycles. The maximum Gasteiger partial charge on any atom is 0.269 e. The first kappa shape index (κ1) is 19.3. The molecule has 0 aliphatic rings. The zero-order valence-corrected chi connectivity index (χ0v) is 13.3. The minimum atomic E-state index is -0.579. The predicted molar refractivity (Wildman–Crippen MR) is 84.4 cm³/mol. The van der Waals surface area contributed by atoms with Gasteiger partial charge in [-0.1, -0.05) is 0 Å². The molecule has 0 aliphatic carbocycles. The van der Waals surface area contributed by atoms with E-state index >= 15 is 0 Å². The lowest BCUT2D eigenvalue weighted by molar-refractivity contribution is -0.384. The normalized spacial score (nSPS) is 12.2. The van der Waals surface area contributed by atoms with E-state index in [9.17, 15) is 14.9 Å². The van der Waals surface area contributed by atoms with Gasteiger partial charge in [0.2, 0.25) is 5.91 Å². The fourth-order valence-corrected chi connectivity index (χ4v) is 1.84. The lowest BCUT2D eigenvalue weighted by Gasteiger charge is -2.27. The number of halogens is 1. The SMILES string of the molecule is CC(N)CCC(=O)NC(C)(C)c1ccc([N+](=O)[O-])cc1.Cl. The van der Waals surface area contributed by atoms with Crippen LogP contribution in [0.15, 0.2) is 24.3 Å². The third-order valence-electron chi connectivity index (χ3n) is 3.08. The van der Waals surface area contributed by atoms with Crippen molar-refractivity contribution in [3.63, 3.8) is 0 Å². The van der Waals surface area contributed by atoms with Gasteiger partial charge in [0.25, 0.3) is 5.69 Å². The fourth-order valence-electron chi connectivity index (χ4n) is 1.84. The minimum absolute atomic E-state index is 0. The second-order valence-electron chi connectivity index (χ2n) is 5.49. The van der Waals surface area contributed by atoms with Crippen LogP contribution in [0.2, 0.25) is 0 Å². The average molecular weight is 316 g/mol. The van der Waals surface area contributed by atoms with Gasteiger partial charge in [-0.3, -0.25) is 14.9 Å². The van der Waals surface area contributed by atoms with Gasteiger partial charge in [-0.25, -0.2) is 0 Å². The van der Waals surface area contributed by atoms with Crippen molar-refractivity contribution < 1.29 is 9.72 Å². The monoisotopic (exact) mass is 315 g/mol. The van der Waals surface area contributed by atoms with Crippen LogP contribution in [0.4, 0.5) is 5.69 Å². The summed E-state index contributed by atoms with van der Waals surface area (Å²) in [4.78, 5) is 22.0. The van der Waals surface area contributed by atoms with Gasteiger partial charge < -0.3 is 11.1 Å². The Labute approximate surface area is 130 Å². The summed E-state index contributed by atoms with van der Waals surface area (Å²) >= 11 is 0. The maximum atomic E-state index is 11.8. The van der Waals surface area contributed by atoms with E-state index in [0.29, 0.717) is 12.8 Å². The van der Waals surface area contributed by atoms with Crippen molar-refractivity contribution in [2.24, 2.45) is 5.73 Å². The molecule has 0 radical (unpaired) electrons. The third-order valence-corrected chi connectivity index (χ3v) is 3.08. The molecule has 6 nitrogen and oxygen atoms in total. The standard InChI is InChI=1S/C14H21N3O3.ClH/c1-10(15)4-9-13(18)16-14(2,3)11-5-7-12(8-6-11)17(19)20;/h5-8,10H,4,9,15H2,1-3H3,(H,16,18);1H. The molecule has 0 aromatic heterocycles. The molecule has 0 heterocycles. The van der Waals surface area contributed by atoms with Gasteiger partial charge in [0, 0.05) is 24.6 Å². The summed E-state index contributed by atoms with van der Waals surface area (Å²) in [5.41, 5.74) is 5.89. The van der Waals surface area contributed by atoms with Crippen molar-refractivity contribution >= 4 is 24.0 Å². The highest BCUT2D eigenvalue weighted by molar-refractivity contribution is 5.85. The molecule has 7 heteroatoms. The summed E-state index contributed by atoms with van der Waals surface area (Å²) in [5.74, 6) is -0.0781. The van der Waals surface area contributed by atoms with Gasteiger partial charge in [-0.05, 0) is 44.9 Å². The van der Waals surface area contributed by atoms with Crippen LogP contribution in [0.1, 0.15) is 39.2 Å². The molecule has 21 heavy (non-hydrogen) atoms. The van der Waals surface area contributed by atoms with E-state index in [1.807, 2.05) is 20.8 Å². The first-order valence-corrected chi connectivity index (χ1v) is 6.54. The van der Waals surface area contributed by atoms with Crippen LogP contribution in [0, 0.1) is 10.1 Å². The molecular formula is C14H22ClN3O3. The lowest BCUT2D eigenvalue weighted by Crippen LogP contribution is -2.41. The number of hydrogen-bond acceptors (Lipinski definition) is 4. The topological polar surface area (TPSA) is 98.3 Å². The second kappa shape index (κ2) is 7.95. The predicted octanol–water partition coefficient (Wildman–Crippen LogP) is 2.50. The summed E-state index contributed by atoms with van der Waals surface area (Å²) < 4.78 is 0. The molecule has 3 N–H and O–H groups in total. The van der Waals surface area contributed by atoms with Crippen LogP contribution in [0.3, 0.4) is 0 Å². The Kier molecular flexibility index (Phi) is 7.32. The Morgan fingerprint density at radius 1 is 1.38 bits per heavy atom. The Hall–Kier alpha value is -1.66. The van der Waals surface area contributed by atoms with Crippen molar-refractivity contribution in [1.82, 2.24) is 5.32 Å². The van der Waals surface area contributed by atoms with Crippen molar-refractivity contribution in [2.45, 2.75) is 45.2 Å². The van der Waals surface area contributed by atoms with E-state index in [0.717, 1.165) is 5.56 Å². The minimum Gasteiger partial charge on any atom is -0.347 e. The number of nitrogens with zero attached hydrogens (tertiary/aromatic N) is 1. The highest BCUT2D eigenvalue weighted by Gasteiger charge is 2.23. The molecule has 1 amide bonds. The zero-order valence-electron chi connectivity index (χ0n) is 12.5. The lowest BCUT2D eigenvalue weighted by atomic mass is 9.93. The number of carbonyl (C=O) groups excluding carboxylic acids is 1. The van der Waals surface area contributed by atoms with Crippen LogP contribution < -0.4 is 11.1 Å². The highest BCUT2D eigenvalue weighted by atomic mass is 35.5. The molecule has 118 valence electrons. The number of non-ortho nitro benzene ring substituents is 1. The summed E-state index contributed by atoms with van der Waals surface area (Å²) in [6.45, 7) is 5.57. The highest BCUT2D eigenvalue weighted by Crippen LogP contribution is 2.22. The van der Waals surface area contributed by atoms with E-state index in [-0.39, 0.29) is 30.0 Å². The summed E-state index contributed by atoms with van der Waals surface area (Å²) in [6, 6.07) is 6.17. The number of amides is 1. The Morgan fingerprint density at radius 2 is 1.90 bits per heavy atom. The Morgan fingerprint density at radius 3 is 2.33 bits per heavy atom. The van der Waals surface area contributed by atoms with Crippen molar-refractivity contribution in [2.75, 3.05) is 0 Å². The molecule has 0 spiro atoms. The van der Waals surface area contributed by atoms with Gasteiger partial charge in [0.15, 0.2) is 0 Å². The molecule has 1 unspecified atom stereocenters. The first-order valence-electron chi connectivity index (χ1n) is 6.54. The number of nitrogens with one attached hydrogen (secondary N) is 1. The number of nitro benzene ring substituents is 1. The summed E-state index contributed by atoms with van der Waals surface area (Å²) in [7, 11) is 0. The second-order valence-corrected chi connectivity index (χ2v) is 5.49. The smallest absolute Gasteiger partial charge is 0.269 e. The van der Waals surface area contributed by atoms with Gasteiger partial charge in [0.05, 0.1) is 10.5 Å². The molecule has 1 atom stereocenters. The van der Waals surface area contributed by atoms with Crippen molar-refractivity contribution in [3.8, 4) is 0 Å². The largest absolute Gasteiger partial charge is 0.347 e. The molecule has 1 rings (SSSR count). The number of rotatable bonds is 6. The molecule has 0 saturated heterocycles. The van der Waals surface area contributed by atoms with Gasteiger partial charge in [0.1, 0.15) is 0 Å². The van der Waals surface area contributed by atoms with Crippen LogP contribution >= 0.6 is 12.4 Å². The van der Waals surface area contributed by atoms with E-state index in [1.165, 1.54) is 12.1 Å². The van der Waals surface area contributed by atoms with E-state index in [4.69, 9.17) is 5.73 Å². The Bertz CT molecular complexity index is 487. The maximum absolute atomic E-state index is 11.8. The first-order chi connectivity index (χ1) is 9.22.